The maximum Gasteiger partial charge on any atom is 0.232 e. The Kier molecular flexibility index (Phi) is 5.98. The van der Waals surface area contributed by atoms with Crippen LogP contribution >= 0.6 is 0 Å². The predicted molar refractivity (Wildman–Crippen MR) is 139 cm³/mol. The van der Waals surface area contributed by atoms with E-state index in [0.29, 0.717) is 18.4 Å². The van der Waals surface area contributed by atoms with Gasteiger partial charge in [-0.25, -0.2) is 4.99 Å². The van der Waals surface area contributed by atoms with Gasteiger partial charge in [0.05, 0.1) is 35.7 Å². The van der Waals surface area contributed by atoms with Crippen LogP contribution in [0.4, 0.5) is 0 Å². The number of para-hydroxylation sites is 1. The summed E-state index contributed by atoms with van der Waals surface area (Å²) in [7, 11) is 0. The van der Waals surface area contributed by atoms with Crippen molar-refractivity contribution in [2.24, 2.45) is 22.6 Å². The first-order valence-electron chi connectivity index (χ1n) is 12.7. The molecular formula is C29H33N5O3. The fourth-order valence-corrected chi connectivity index (χ4v) is 5.70. The molecule has 3 N–H and O–H groups in total. The van der Waals surface area contributed by atoms with E-state index in [1.165, 1.54) is 0 Å². The van der Waals surface area contributed by atoms with E-state index in [2.05, 4.69) is 16.4 Å². The van der Waals surface area contributed by atoms with Crippen molar-refractivity contribution in [2.75, 3.05) is 0 Å². The van der Waals surface area contributed by atoms with Crippen LogP contribution in [0.25, 0.3) is 0 Å². The summed E-state index contributed by atoms with van der Waals surface area (Å²) in [6.07, 6.45) is 1.52. The van der Waals surface area contributed by atoms with Crippen LogP contribution in [0.5, 0.6) is 5.75 Å². The highest BCUT2D eigenvalue weighted by Crippen LogP contribution is 2.51. The molecule has 192 valence electrons. The average Bonchev–Trinajstić information content (AvgIpc) is 3.61. The largest absolute Gasteiger partial charge is 0.487 e. The van der Waals surface area contributed by atoms with E-state index in [9.17, 15) is 14.9 Å². The molecule has 5 rings (SSSR count). The molecule has 0 unspecified atom stereocenters. The minimum absolute atomic E-state index is 0.0403. The third-order valence-electron chi connectivity index (χ3n) is 7.45. The number of carbonyl (C=O) groups excluding carboxylic acids is 2. The summed E-state index contributed by atoms with van der Waals surface area (Å²) in [5.41, 5.74) is 7.71. The van der Waals surface area contributed by atoms with E-state index in [4.69, 9.17) is 10.5 Å². The van der Waals surface area contributed by atoms with Crippen LogP contribution in [0.1, 0.15) is 75.7 Å². The monoisotopic (exact) mass is 499 g/mol. The van der Waals surface area contributed by atoms with Crippen molar-refractivity contribution in [1.29, 1.82) is 5.26 Å². The van der Waals surface area contributed by atoms with Crippen molar-refractivity contribution in [3.8, 4) is 11.8 Å². The topological polar surface area (TPSA) is 121 Å². The Morgan fingerprint density at radius 2 is 1.89 bits per heavy atom. The normalized spacial score (nSPS) is 26.1. The number of amides is 2. The van der Waals surface area contributed by atoms with Gasteiger partial charge >= 0.3 is 0 Å². The smallest absolute Gasteiger partial charge is 0.232 e. The second kappa shape index (κ2) is 8.91. The van der Waals surface area contributed by atoms with E-state index in [0.717, 1.165) is 16.9 Å². The number of guanidine groups is 1. The number of hydrogen-bond acceptors (Lipinski definition) is 6. The van der Waals surface area contributed by atoms with E-state index in [-0.39, 0.29) is 42.1 Å². The molecule has 0 bridgehead atoms. The second-order valence-corrected chi connectivity index (χ2v) is 11.6. The van der Waals surface area contributed by atoms with Gasteiger partial charge < -0.3 is 15.8 Å². The Labute approximate surface area is 217 Å². The number of nitrogens with two attached hydrogens (primary N) is 1. The van der Waals surface area contributed by atoms with Gasteiger partial charge in [0.1, 0.15) is 11.4 Å². The molecule has 1 saturated carbocycles. The standard InChI is InChI=1S/C29H33N5O3/c1-28(2)15-24(35)34(27(31)33-28)25(18-11-9-17(16-30)10-12-18)20-13-21(20)26(36)32-22-14-29(3,4)37-23-8-6-5-7-19(22)23/h5-12,20-22,25H,13-15H2,1-4H3,(H2,31,33)(H,32,36)/t20-,21-,22+,25+/m1/s1. The lowest BCUT2D eigenvalue weighted by molar-refractivity contribution is -0.132. The SMILES string of the molecule is CC1(C)CC(=O)N([C@@H](c2ccc(C#N)cc2)[C@@H]2C[C@H]2C(=O)N[C@H]2CC(C)(C)Oc3ccccc32)C(N)=N1. The molecule has 8 heteroatoms. The number of carbonyl (C=O) groups is 2. The van der Waals surface area contributed by atoms with Crippen molar-refractivity contribution >= 4 is 17.8 Å². The van der Waals surface area contributed by atoms with Crippen molar-refractivity contribution in [1.82, 2.24) is 10.2 Å². The zero-order chi connectivity index (χ0) is 26.5. The van der Waals surface area contributed by atoms with Crippen LogP contribution in [0.15, 0.2) is 53.5 Å². The highest BCUT2D eigenvalue weighted by atomic mass is 16.5. The Morgan fingerprint density at radius 1 is 1.19 bits per heavy atom. The van der Waals surface area contributed by atoms with Gasteiger partial charge in [0.15, 0.2) is 5.96 Å². The van der Waals surface area contributed by atoms with Crippen LogP contribution in [-0.4, -0.2) is 33.8 Å². The zero-order valence-electron chi connectivity index (χ0n) is 21.7. The van der Waals surface area contributed by atoms with Gasteiger partial charge in [-0.15, -0.1) is 0 Å². The number of rotatable bonds is 5. The second-order valence-electron chi connectivity index (χ2n) is 11.6. The van der Waals surface area contributed by atoms with E-state index < -0.39 is 17.2 Å². The molecule has 1 aliphatic carbocycles. The van der Waals surface area contributed by atoms with Crippen molar-refractivity contribution < 1.29 is 14.3 Å². The van der Waals surface area contributed by atoms with Gasteiger partial charge in [-0.1, -0.05) is 30.3 Å². The highest BCUT2D eigenvalue weighted by molar-refractivity contribution is 5.99. The summed E-state index contributed by atoms with van der Waals surface area (Å²) in [6, 6.07) is 16.5. The van der Waals surface area contributed by atoms with Gasteiger partial charge in [0.2, 0.25) is 11.8 Å². The number of fused-ring (bicyclic) bond motifs is 1. The lowest BCUT2D eigenvalue weighted by Crippen LogP contribution is -2.52. The summed E-state index contributed by atoms with van der Waals surface area (Å²) in [6.45, 7) is 7.81. The number of hydrogen-bond donors (Lipinski definition) is 2. The minimum Gasteiger partial charge on any atom is -0.487 e. The third kappa shape index (κ3) is 4.91. The molecule has 2 heterocycles. The molecule has 2 amide bonds. The number of nitrogens with one attached hydrogen (secondary N) is 1. The fraction of sp³-hybridized carbons (Fsp3) is 0.448. The Morgan fingerprint density at radius 3 is 2.57 bits per heavy atom. The Balaban J connectivity index is 1.41. The van der Waals surface area contributed by atoms with Crippen LogP contribution in [0, 0.1) is 23.2 Å². The molecular weight excluding hydrogens is 466 g/mol. The third-order valence-corrected chi connectivity index (χ3v) is 7.45. The van der Waals surface area contributed by atoms with Crippen LogP contribution in [0.2, 0.25) is 0 Å². The molecule has 1 fully saturated rings. The number of aliphatic imine (C=N–C) groups is 1. The zero-order valence-corrected chi connectivity index (χ0v) is 21.7. The Bertz CT molecular complexity index is 1310. The molecule has 0 spiro atoms. The van der Waals surface area contributed by atoms with E-state index >= 15 is 0 Å². The van der Waals surface area contributed by atoms with Gasteiger partial charge in [-0.05, 0) is 63.8 Å². The maximum atomic E-state index is 13.5. The van der Waals surface area contributed by atoms with Crippen molar-refractivity contribution in [3.05, 3.63) is 65.2 Å². The molecule has 8 nitrogen and oxygen atoms in total. The Hall–Kier alpha value is -3.86. The summed E-state index contributed by atoms with van der Waals surface area (Å²) >= 11 is 0. The van der Waals surface area contributed by atoms with Gasteiger partial charge in [-0.3, -0.25) is 14.5 Å². The summed E-state index contributed by atoms with van der Waals surface area (Å²) in [5, 5.41) is 12.5. The van der Waals surface area contributed by atoms with Crippen LogP contribution < -0.4 is 15.8 Å². The fourth-order valence-electron chi connectivity index (χ4n) is 5.70. The first kappa shape index (κ1) is 24.8. The number of ether oxygens (including phenoxy) is 1. The number of nitriles is 1. The van der Waals surface area contributed by atoms with E-state index in [1.54, 1.807) is 17.0 Å². The molecule has 2 aliphatic heterocycles. The quantitative estimate of drug-likeness (QED) is 0.645. The first-order chi connectivity index (χ1) is 17.5. The van der Waals surface area contributed by atoms with Gasteiger partial charge in [-0.2, -0.15) is 5.26 Å². The number of benzene rings is 2. The van der Waals surface area contributed by atoms with Crippen LogP contribution in [0.3, 0.4) is 0 Å². The lowest BCUT2D eigenvalue weighted by atomic mass is 9.89. The predicted octanol–water partition coefficient (Wildman–Crippen LogP) is 3.98. The minimum atomic E-state index is -0.573. The van der Waals surface area contributed by atoms with Gasteiger partial charge in [0, 0.05) is 17.9 Å². The van der Waals surface area contributed by atoms with Crippen LogP contribution in [-0.2, 0) is 9.59 Å². The summed E-state index contributed by atoms with van der Waals surface area (Å²) < 4.78 is 6.12. The molecule has 37 heavy (non-hydrogen) atoms. The van der Waals surface area contributed by atoms with Crippen molar-refractivity contribution in [2.45, 2.75) is 70.2 Å². The molecule has 0 saturated heterocycles. The highest BCUT2D eigenvalue weighted by Gasteiger charge is 2.53. The number of nitrogens with zero attached hydrogens (tertiary/aromatic N) is 3. The molecule has 2 aromatic carbocycles. The van der Waals surface area contributed by atoms with Crippen molar-refractivity contribution in [3.63, 3.8) is 0 Å². The lowest BCUT2D eigenvalue weighted by Gasteiger charge is -2.39. The molecule has 4 atom stereocenters. The maximum absolute atomic E-state index is 13.5. The summed E-state index contributed by atoms with van der Waals surface area (Å²) in [5.74, 6) is 0.419. The first-order valence-corrected chi connectivity index (χ1v) is 12.7. The van der Waals surface area contributed by atoms with Gasteiger partial charge in [0.25, 0.3) is 0 Å². The van der Waals surface area contributed by atoms with E-state index in [1.807, 2.05) is 64.1 Å². The molecule has 2 aromatic rings. The molecule has 3 aliphatic rings. The summed E-state index contributed by atoms with van der Waals surface area (Å²) in [4.78, 5) is 32.9. The molecule has 0 aromatic heterocycles. The average molecular weight is 500 g/mol. The molecule has 0 radical (unpaired) electrons.